The molecule has 2 aromatic rings. The van der Waals surface area contributed by atoms with Gasteiger partial charge in [0.1, 0.15) is 48.4 Å². The molecule has 0 spiro atoms. The maximum absolute atomic E-state index is 12.1. The summed E-state index contributed by atoms with van der Waals surface area (Å²) in [5, 5.41) is 118. The molecule has 5 rings (SSSR count). The minimum absolute atomic E-state index is 0.0396. The van der Waals surface area contributed by atoms with E-state index in [1.807, 2.05) is 0 Å². The van der Waals surface area contributed by atoms with E-state index in [0.29, 0.717) is 5.69 Å². The summed E-state index contributed by atoms with van der Waals surface area (Å²) in [5.74, 6) is -2.54. The summed E-state index contributed by atoms with van der Waals surface area (Å²) in [5.41, 5.74) is 20.0. The van der Waals surface area contributed by atoms with Gasteiger partial charge in [0, 0.05) is 5.69 Å². The number of nitrogens with zero attached hydrogens (tertiary/aromatic N) is 2. The minimum atomic E-state index is -3.80. The minimum Gasteiger partial charge on any atom is -0.478 e. The number of benzene rings is 2. The number of carbonyl (C=O) groups is 2. The summed E-state index contributed by atoms with van der Waals surface area (Å²) in [6, 6.07) is 3.89. The van der Waals surface area contributed by atoms with Crippen LogP contribution in [0.2, 0.25) is 0 Å². The Morgan fingerprint density at radius 3 is 2.00 bits per heavy atom. The number of nitrogens with two attached hydrogens (primary N) is 5. The number of nitrogens with one attached hydrogen (secondary N) is 5. The van der Waals surface area contributed by atoms with Gasteiger partial charge in [-0.05, 0) is 50.4 Å². The highest BCUT2D eigenvalue weighted by molar-refractivity contribution is 7.89. The zero-order chi connectivity index (χ0) is 47.3. The van der Waals surface area contributed by atoms with Crippen molar-refractivity contribution in [2.24, 2.45) is 26.8 Å². The van der Waals surface area contributed by atoms with E-state index < -0.39 is 126 Å². The summed E-state index contributed by atoms with van der Waals surface area (Å²) < 4.78 is 45.2. The highest BCUT2D eigenvalue weighted by Crippen LogP contribution is 2.38. The van der Waals surface area contributed by atoms with Gasteiger partial charge in [-0.2, -0.15) is 5.11 Å². The van der Waals surface area contributed by atoms with E-state index in [-0.39, 0.29) is 33.8 Å². The van der Waals surface area contributed by atoms with Gasteiger partial charge in [-0.15, -0.1) is 5.11 Å². The van der Waals surface area contributed by atoms with Gasteiger partial charge in [-0.25, -0.2) is 18.4 Å². The molecule has 3 fully saturated rings. The molecule has 2 heterocycles. The molecular weight excluding hydrogens is 865 g/mol. The number of sulfonamides is 1. The molecule has 0 radical (unpaired) electrons. The lowest BCUT2D eigenvalue weighted by Gasteiger charge is -2.47. The lowest BCUT2D eigenvalue weighted by atomic mass is 9.81. The summed E-state index contributed by atoms with van der Waals surface area (Å²) in [4.78, 5) is 23.2. The smallest absolute Gasteiger partial charge is 0.338 e. The Bertz CT molecular complexity index is 2110. The van der Waals surface area contributed by atoms with E-state index in [0.717, 1.165) is 0 Å². The van der Waals surface area contributed by atoms with E-state index in [1.165, 1.54) is 50.4 Å². The second-order valence-corrected chi connectivity index (χ2v) is 16.1. The lowest BCUT2D eigenvalue weighted by Crippen LogP contribution is -2.73. The van der Waals surface area contributed by atoms with Crippen molar-refractivity contribution in [1.29, 1.82) is 10.8 Å². The van der Waals surface area contributed by atoms with Gasteiger partial charge in [0.2, 0.25) is 10.0 Å². The molecule has 350 valence electrons. The molecule has 0 aromatic heterocycles. The first-order chi connectivity index (χ1) is 29.4. The van der Waals surface area contributed by atoms with Crippen LogP contribution < -0.4 is 44.0 Å². The van der Waals surface area contributed by atoms with Crippen LogP contribution in [0.5, 0.6) is 0 Å². The number of nitrogen functional groups attached to an aromatic ring is 2. The third-order valence-corrected chi connectivity index (χ3v) is 11.2. The number of azo groups is 1. The SMILES string of the molecule is CN[C@@H]1[C@H](O[C@H]2[C@H](O[C@H]3[C@H](O)[C@@H](O)[C@H](NC(=N)N)[C@@H](O)[C@@H]3NC(=N)N)O[C@@H](C)[C@]2(O)C=O)O[C@@H](CO)[C@H](O)[C@H]1O.Nc1cc(N)c(/N=N/c2ccc(S(N)(=O)=O)cc2)c(C(=O)O)c1. The number of hydrogen-bond acceptors (Lipinski definition) is 22. The van der Waals surface area contributed by atoms with Gasteiger partial charge in [-0.1, -0.05) is 0 Å². The molecule has 2 saturated heterocycles. The van der Waals surface area contributed by atoms with Gasteiger partial charge < -0.3 is 98.7 Å². The van der Waals surface area contributed by atoms with Crippen LogP contribution in [-0.4, -0.2) is 178 Å². The van der Waals surface area contributed by atoms with Crippen LogP contribution >= 0.6 is 0 Å². The van der Waals surface area contributed by atoms with E-state index in [2.05, 4.69) is 26.2 Å². The maximum atomic E-state index is 12.1. The molecule has 28 nitrogen and oxygen atoms in total. The maximum Gasteiger partial charge on any atom is 0.338 e. The number of carboxylic acid groups (broad SMARTS) is 1. The molecule has 2 aromatic carbocycles. The first kappa shape index (κ1) is 50.4. The Kier molecular flexibility index (Phi) is 16.4. The summed E-state index contributed by atoms with van der Waals surface area (Å²) in [6.45, 7) is 0.613. The number of aliphatic hydroxyl groups is 7. The number of ether oxygens (including phenoxy) is 4. The van der Waals surface area contributed by atoms with E-state index in [1.54, 1.807) is 0 Å². The molecule has 23 N–H and O–H groups in total. The second kappa shape index (κ2) is 20.5. The van der Waals surface area contributed by atoms with Gasteiger partial charge in [0.15, 0.2) is 36.4 Å². The number of likely N-dealkylation sites (N-methyl/N-ethyl adjacent to an activating group) is 1. The highest BCUT2D eigenvalue weighted by atomic mass is 32.2. The molecular formula is C34H52N12O16S. The van der Waals surface area contributed by atoms with Crippen LogP contribution in [0.1, 0.15) is 17.3 Å². The van der Waals surface area contributed by atoms with Crippen LogP contribution in [0.25, 0.3) is 0 Å². The molecule has 15 atom stereocenters. The summed E-state index contributed by atoms with van der Waals surface area (Å²) in [6.07, 6.45) is -17.3. The molecule has 2 aliphatic heterocycles. The average Bonchev–Trinajstić information content (AvgIpc) is 3.44. The fraction of sp³-hybridized carbons (Fsp3) is 0.529. The Balaban J connectivity index is 0.000000320. The quantitative estimate of drug-likeness (QED) is 0.0292. The molecule has 3 aliphatic rings. The monoisotopic (exact) mass is 916 g/mol. The van der Waals surface area contributed by atoms with Crippen LogP contribution in [0.3, 0.4) is 0 Å². The number of aldehydes is 1. The Morgan fingerprint density at radius 1 is 0.889 bits per heavy atom. The molecule has 0 amide bonds. The molecule has 1 saturated carbocycles. The van der Waals surface area contributed by atoms with Crippen LogP contribution in [-0.2, 0) is 33.8 Å². The van der Waals surface area contributed by atoms with Gasteiger partial charge >= 0.3 is 5.97 Å². The Morgan fingerprint density at radius 2 is 1.48 bits per heavy atom. The van der Waals surface area contributed by atoms with Crippen LogP contribution in [0.4, 0.5) is 22.7 Å². The zero-order valence-electron chi connectivity index (χ0n) is 33.4. The third kappa shape index (κ3) is 11.3. The van der Waals surface area contributed by atoms with Crippen LogP contribution in [0.15, 0.2) is 51.5 Å². The van der Waals surface area contributed by atoms with Gasteiger partial charge in [0.05, 0.1) is 58.8 Å². The molecule has 29 heteroatoms. The number of guanidine groups is 2. The normalized spacial score (nSPS) is 34.4. The second-order valence-electron chi connectivity index (χ2n) is 14.5. The van der Waals surface area contributed by atoms with Crippen LogP contribution in [0, 0.1) is 10.8 Å². The number of hydrogen-bond donors (Lipinski definition) is 18. The predicted octanol–water partition coefficient (Wildman–Crippen LogP) is -6.13. The van der Waals surface area contributed by atoms with Crippen molar-refractivity contribution in [2.45, 2.75) is 103 Å². The highest BCUT2D eigenvalue weighted by Gasteiger charge is 2.61. The number of aliphatic hydroxyl groups excluding tert-OH is 6. The molecule has 0 bridgehead atoms. The Hall–Kier alpha value is -5.25. The molecule has 63 heavy (non-hydrogen) atoms. The third-order valence-electron chi connectivity index (χ3n) is 10.3. The largest absolute Gasteiger partial charge is 0.478 e. The number of anilines is 2. The van der Waals surface area contributed by atoms with Crippen molar-refractivity contribution in [1.82, 2.24) is 16.0 Å². The fourth-order valence-electron chi connectivity index (χ4n) is 6.94. The lowest BCUT2D eigenvalue weighted by molar-refractivity contribution is -0.314. The van der Waals surface area contributed by atoms with Crippen molar-refractivity contribution in [3.05, 3.63) is 42.0 Å². The standard InChI is InChI=1S/C21H39N7O12.C13H13N5O4S/c1-5-21(36,4-30)16(40-17-9(26-2)13(34)10(31)6(3-29)38-17)18(37-5)39-15-8(28-20(24)25)11(32)7(27-19(22)23)12(33)14(15)35;14-7-5-10(13(19)20)12(11(15)6-7)18-17-8-1-3-9(4-2-8)23(16,21)22/h4-18,26,29,31-36H,3H2,1-2H3,(H4,22,23,27)(H4,24,25,28);1-6H,14-15H2,(H,19,20)(H2,16,21,22)/b;18-17+/t5-,6-,7+,8-,9-,10-,11+,12-,13-,14+,15+,16-,17-,18-,21+;/m0./s1. The van der Waals surface area contributed by atoms with Crippen molar-refractivity contribution in [3.8, 4) is 0 Å². The van der Waals surface area contributed by atoms with Crippen molar-refractivity contribution in [3.63, 3.8) is 0 Å². The van der Waals surface area contributed by atoms with E-state index in [9.17, 15) is 53.8 Å². The zero-order valence-corrected chi connectivity index (χ0v) is 34.2. The van der Waals surface area contributed by atoms with Gasteiger partial charge in [-0.3, -0.25) is 15.6 Å². The molecule has 1 aliphatic carbocycles. The first-order valence-electron chi connectivity index (χ1n) is 18.6. The summed E-state index contributed by atoms with van der Waals surface area (Å²) >= 11 is 0. The topological polar surface area (TPSA) is 506 Å². The van der Waals surface area contributed by atoms with Crippen molar-refractivity contribution in [2.75, 3.05) is 25.1 Å². The first-order valence-corrected chi connectivity index (χ1v) is 20.1. The van der Waals surface area contributed by atoms with Gasteiger partial charge in [0.25, 0.3) is 0 Å². The Labute approximate surface area is 358 Å². The number of primary sulfonamides is 1. The summed E-state index contributed by atoms with van der Waals surface area (Å²) in [7, 11) is -2.39. The molecule has 0 unspecified atom stereocenters. The predicted molar refractivity (Wildman–Crippen MR) is 216 cm³/mol. The van der Waals surface area contributed by atoms with Crippen molar-refractivity contribution >= 4 is 56.9 Å². The van der Waals surface area contributed by atoms with Crippen molar-refractivity contribution < 1.29 is 77.8 Å². The average molecular weight is 917 g/mol. The number of carbonyl (C=O) groups excluding carboxylic acids is 1. The fourth-order valence-corrected chi connectivity index (χ4v) is 7.46. The number of carboxylic acids is 1. The van der Waals surface area contributed by atoms with E-state index >= 15 is 0 Å². The number of aromatic carboxylic acids is 1. The van der Waals surface area contributed by atoms with E-state index in [4.69, 9.17) is 62.9 Å². The number of rotatable bonds is 13.